The van der Waals surface area contributed by atoms with E-state index in [4.69, 9.17) is 4.42 Å². The standard InChI is InChI=1S/C15H28N2O/c1-5-14(11-16-10-13(3)4)17(6-2)12-15-8-7-9-18-15/h7-9,13-14,16H,5-6,10-12H2,1-4H3. The predicted octanol–water partition coefficient (Wildman–Crippen LogP) is 3.13. The highest BCUT2D eigenvalue weighted by atomic mass is 16.3. The minimum Gasteiger partial charge on any atom is -0.468 e. The summed E-state index contributed by atoms with van der Waals surface area (Å²) in [6.45, 7) is 13.1. The summed E-state index contributed by atoms with van der Waals surface area (Å²) in [4.78, 5) is 2.48. The van der Waals surface area contributed by atoms with Gasteiger partial charge in [0.25, 0.3) is 0 Å². The predicted molar refractivity (Wildman–Crippen MR) is 76.6 cm³/mol. The van der Waals surface area contributed by atoms with E-state index < -0.39 is 0 Å². The molecule has 0 saturated heterocycles. The van der Waals surface area contributed by atoms with Gasteiger partial charge in [0.15, 0.2) is 0 Å². The minimum atomic E-state index is 0.582. The molecular weight excluding hydrogens is 224 g/mol. The Morgan fingerprint density at radius 2 is 2.06 bits per heavy atom. The number of hydrogen-bond acceptors (Lipinski definition) is 3. The summed E-state index contributed by atoms with van der Waals surface area (Å²) in [5, 5.41) is 3.56. The van der Waals surface area contributed by atoms with Crippen LogP contribution in [0.4, 0.5) is 0 Å². The van der Waals surface area contributed by atoms with E-state index in [0.29, 0.717) is 12.0 Å². The molecular formula is C15H28N2O. The zero-order valence-corrected chi connectivity index (χ0v) is 12.3. The summed E-state index contributed by atoms with van der Waals surface area (Å²) in [6.07, 6.45) is 2.92. The first-order valence-corrected chi connectivity index (χ1v) is 7.14. The van der Waals surface area contributed by atoms with Gasteiger partial charge in [-0.2, -0.15) is 0 Å². The number of hydrogen-bond donors (Lipinski definition) is 1. The first kappa shape index (κ1) is 15.3. The zero-order valence-electron chi connectivity index (χ0n) is 12.3. The van der Waals surface area contributed by atoms with Crippen LogP contribution in [0.25, 0.3) is 0 Å². The van der Waals surface area contributed by atoms with Crippen LogP contribution in [0.15, 0.2) is 22.8 Å². The molecule has 1 N–H and O–H groups in total. The molecule has 18 heavy (non-hydrogen) atoms. The van der Waals surface area contributed by atoms with Crippen LogP contribution in [0, 0.1) is 5.92 Å². The Bertz CT molecular complexity index is 295. The third-order valence-electron chi connectivity index (χ3n) is 3.27. The Kier molecular flexibility index (Phi) is 7.06. The molecule has 0 spiro atoms. The van der Waals surface area contributed by atoms with Crippen LogP contribution < -0.4 is 5.32 Å². The van der Waals surface area contributed by atoms with Crippen molar-refractivity contribution in [3.8, 4) is 0 Å². The molecule has 1 unspecified atom stereocenters. The van der Waals surface area contributed by atoms with E-state index in [-0.39, 0.29) is 0 Å². The first-order valence-electron chi connectivity index (χ1n) is 7.14. The van der Waals surface area contributed by atoms with Gasteiger partial charge < -0.3 is 9.73 Å². The highest BCUT2D eigenvalue weighted by Gasteiger charge is 2.16. The fraction of sp³-hybridized carbons (Fsp3) is 0.733. The second-order valence-corrected chi connectivity index (χ2v) is 5.26. The van der Waals surface area contributed by atoms with Gasteiger partial charge in [0, 0.05) is 12.6 Å². The van der Waals surface area contributed by atoms with Gasteiger partial charge in [0.05, 0.1) is 12.8 Å². The monoisotopic (exact) mass is 252 g/mol. The molecule has 3 heteroatoms. The molecule has 0 saturated carbocycles. The largest absolute Gasteiger partial charge is 0.468 e. The van der Waals surface area contributed by atoms with Crippen LogP contribution in [0.2, 0.25) is 0 Å². The van der Waals surface area contributed by atoms with Crippen molar-refractivity contribution in [2.75, 3.05) is 19.6 Å². The lowest BCUT2D eigenvalue weighted by Crippen LogP contribution is -2.42. The number of nitrogens with zero attached hydrogens (tertiary/aromatic N) is 1. The van der Waals surface area contributed by atoms with Crippen LogP contribution in [-0.2, 0) is 6.54 Å². The van der Waals surface area contributed by atoms with Crippen LogP contribution >= 0.6 is 0 Å². The molecule has 0 bridgehead atoms. The van der Waals surface area contributed by atoms with Crippen LogP contribution in [0.5, 0.6) is 0 Å². The Labute approximate surface area is 112 Å². The van der Waals surface area contributed by atoms with Crippen LogP contribution in [0.1, 0.15) is 39.9 Å². The highest BCUT2D eigenvalue weighted by molar-refractivity contribution is 4.98. The normalized spacial score (nSPS) is 13.4. The van der Waals surface area contributed by atoms with Gasteiger partial charge in [-0.05, 0) is 37.6 Å². The van der Waals surface area contributed by atoms with E-state index in [0.717, 1.165) is 31.9 Å². The fourth-order valence-electron chi connectivity index (χ4n) is 2.17. The maximum Gasteiger partial charge on any atom is 0.117 e. The third-order valence-corrected chi connectivity index (χ3v) is 3.27. The van der Waals surface area contributed by atoms with E-state index in [2.05, 4.69) is 44.0 Å². The molecule has 0 aromatic carbocycles. The van der Waals surface area contributed by atoms with E-state index >= 15 is 0 Å². The van der Waals surface area contributed by atoms with E-state index in [1.807, 2.05) is 6.07 Å². The van der Waals surface area contributed by atoms with Crippen molar-refractivity contribution >= 4 is 0 Å². The summed E-state index contributed by atoms with van der Waals surface area (Å²) in [5.41, 5.74) is 0. The van der Waals surface area contributed by atoms with Gasteiger partial charge in [-0.1, -0.05) is 27.7 Å². The van der Waals surface area contributed by atoms with Crippen LogP contribution in [0.3, 0.4) is 0 Å². The van der Waals surface area contributed by atoms with Crippen molar-refractivity contribution in [3.05, 3.63) is 24.2 Å². The van der Waals surface area contributed by atoms with Crippen molar-refractivity contribution in [2.24, 2.45) is 5.92 Å². The van der Waals surface area contributed by atoms with Crippen LogP contribution in [-0.4, -0.2) is 30.6 Å². The third kappa shape index (κ3) is 5.23. The summed E-state index contributed by atoms with van der Waals surface area (Å²) in [7, 11) is 0. The summed E-state index contributed by atoms with van der Waals surface area (Å²) in [6, 6.07) is 4.59. The van der Waals surface area contributed by atoms with Crippen molar-refractivity contribution in [1.29, 1.82) is 0 Å². The Hall–Kier alpha value is -0.800. The lowest BCUT2D eigenvalue weighted by Gasteiger charge is -2.29. The molecule has 0 aliphatic heterocycles. The molecule has 1 heterocycles. The number of rotatable bonds is 9. The first-order chi connectivity index (χ1) is 8.67. The van der Waals surface area contributed by atoms with E-state index in [9.17, 15) is 0 Å². The lowest BCUT2D eigenvalue weighted by molar-refractivity contribution is 0.173. The van der Waals surface area contributed by atoms with Gasteiger partial charge in [-0.15, -0.1) is 0 Å². The highest BCUT2D eigenvalue weighted by Crippen LogP contribution is 2.10. The van der Waals surface area contributed by atoms with Crippen molar-refractivity contribution in [1.82, 2.24) is 10.2 Å². The maximum absolute atomic E-state index is 5.44. The Balaban J connectivity index is 2.44. The zero-order chi connectivity index (χ0) is 13.4. The smallest absolute Gasteiger partial charge is 0.117 e. The molecule has 0 aliphatic carbocycles. The van der Waals surface area contributed by atoms with Gasteiger partial charge >= 0.3 is 0 Å². The van der Waals surface area contributed by atoms with Gasteiger partial charge in [-0.3, -0.25) is 4.90 Å². The number of likely N-dealkylation sites (N-methyl/N-ethyl adjacent to an activating group) is 1. The molecule has 0 aliphatic rings. The molecule has 3 nitrogen and oxygen atoms in total. The molecule has 1 rings (SSSR count). The quantitative estimate of drug-likeness (QED) is 0.732. The average molecular weight is 252 g/mol. The minimum absolute atomic E-state index is 0.582. The molecule has 0 amide bonds. The number of furan rings is 1. The van der Waals surface area contributed by atoms with E-state index in [1.54, 1.807) is 6.26 Å². The topological polar surface area (TPSA) is 28.4 Å². The molecule has 104 valence electrons. The maximum atomic E-state index is 5.44. The second kappa shape index (κ2) is 8.33. The van der Waals surface area contributed by atoms with Gasteiger partial charge in [0.1, 0.15) is 5.76 Å². The average Bonchev–Trinajstić information content (AvgIpc) is 2.85. The SMILES string of the molecule is CCC(CNCC(C)C)N(CC)Cc1ccco1. The lowest BCUT2D eigenvalue weighted by atomic mass is 10.1. The Morgan fingerprint density at radius 3 is 2.56 bits per heavy atom. The van der Waals surface area contributed by atoms with Gasteiger partial charge in [-0.25, -0.2) is 0 Å². The second-order valence-electron chi connectivity index (χ2n) is 5.26. The van der Waals surface area contributed by atoms with Gasteiger partial charge in [0.2, 0.25) is 0 Å². The van der Waals surface area contributed by atoms with Crippen molar-refractivity contribution < 1.29 is 4.42 Å². The summed E-state index contributed by atoms with van der Waals surface area (Å²) >= 11 is 0. The molecule has 0 fully saturated rings. The van der Waals surface area contributed by atoms with Crippen molar-refractivity contribution in [3.63, 3.8) is 0 Å². The van der Waals surface area contributed by atoms with E-state index in [1.165, 1.54) is 6.42 Å². The summed E-state index contributed by atoms with van der Waals surface area (Å²) in [5.74, 6) is 1.77. The Morgan fingerprint density at radius 1 is 1.28 bits per heavy atom. The molecule has 1 aromatic rings. The fourth-order valence-corrected chi connectivity index (χ4v) is 2.17. The molecule has 0 radical (unpaired) electrons. The molecule has 1 aromatic heterocycles. The number of nitrogens with one attached hydrogen (secondary N) is 1. The summed E-state index contributed by atoms with van der Waals surface area (Å²) < 4.78 is 5.44. The van der Waals surface area contributed by atoms with Crippen molar-refractivity contribution in [2.45, 2.75) is 46.7 Å². The molecule has 1 atom stereocenters.